The second-order valence-corrected chi connectivity index (χ2v) is 8.35. The number of amides is 2. The fourth-order valence-corrected chi connectivity index (χ4v) is 2.92. The Hall–Kier alpha value is -3.76. The van der Waals surface area contributed by atoms with Gasteiger partial charge in [-0.25, -0.2) is 4.79 Å². The molecule has 1 unspecified atom stereocenters. The van der Waals surface area contributed by atoms with Gasteiger partial charge < -0.3 is 25.8 Å². The van der Waals surface area contributed by atoms with E-state index in [1.807, 2.05) is 13.0 Å². The summed E-state index contributed by atoms with van der Waals surface area (Å²) in [6.07, 6.45) is 6.66. The number of nitrogens with one attached hydrogen (secondary N) is 2. The highest BCUT2D eigenvalue weighted by molar-refractivity contribution is 6.21. The third kappa shape index (κ3) is 18.2. The second-order valence-electron chi connectivity index (χ2n) is 8.35. The molecule has 4 N–H and O–H groups in total. The van der Waals surface area contributed by atoms with Crippen LogP contribution >= 0.6 is 0 Å². The predicted octanol–water partition coefficient (Wildman–Crippen LogP) is 3.04. The van der Waals surface area contributed by atoms with Gasteiger partial charge in [0.15, 0.2) is 5.78 Å². The third-order valence-electron chi connectivity index (χ3n) is 4.41. The Morgan fingerprint density at radius 2 is 1.54 bits per heavy atom. The average Bonchev–Trinajstić information content (AvgIpc) is 2.84. The Morgan fingerprint density at radius 3 is 2.03 bits per heavy atom. The van der Waals surface area contributed by atoms with E-state index in [2.05, 4.69) is 29.5 Å². The summed E-state index contributed by atoms with van der Waals surface area (Å²) in [5, 5.41) is 4.91. The van der Waals surface area contributed by atoms with Gasteiger partial charge in [0.25, 0.3) is 5.91 Å². The molecule has 11 nitrogen and oxygen atoms in total. The molecule has 0 aliphatic rings. The molecule has 0 heterocycles. The summed E-state index contributed by atoms with van der Waals surface area (Å²) >= 11 is 0. The Balaban J connectivity index is 0. The number of hydrogen-bond donors (Lipinski definition) is 3. The van der Waals surface area contributed by atoms with Gasteiger partial charge in [-0.1, -0.05) is 33.3 Å². The summed E-state index contributed by atoms with van der Waals surface area (Å²) in [5.41, 5.74) is 6.71. The average molecular weight is 551 g/mol. The third-order valence-corrected chi connectivity index (χ3v) is 4.41. The molecule has 0 aliphatic carbocycles. The SMILES string of the molecule is CCC.CC\C=C/C(=C\C(C)=O)/N=C(C)\C(C(=O)NCC(=O)NC(CCC(=O)OCC)C(=O)OCC)=C(\C)N. The lowest BCUT2D eigenvalue weighted by Crippen LogP contribution is -2.47. The lowest BCUT2D eigenvalue weighted by Gasteiger charge is -2.17. The van der Waals surface area contributed by atoms with Gasteiger partial charge in [-0.05, 0) is 53.5 Å². The molecule has 0 radical (unpaired) electrons. The van der Waals surface area contributed by atoms with Crippen molar-refractivity contribution in [1.82, 2.24) is 10.6 Å². The predicted molar refractivity (Wildman–Crippen MR) is 152 cm³/mol. The maximum atomic E-state index is 12.8. The molecule has 0 aliphatic heterocycles. The molecule has 0 saturated heterocycles. The Morgan fingerprint density at radius 1 is 0.949 bits per heavy atom. The zero-order valence-corrected chi connectivity index (χ0v) is 24.6. The minimum Gasteiger partial charge on any atom is -0.466 e. The molecule has 0 saturated carbocycles. The van der Waals surface area contributed by atoms with Crippen LogP contribution in [0.25, 0.3) is 0 Å². The van der Waals surface area contributed by atoms with Gasteiger partial charge in [-0.3, -0.25) is 24.2 Å². The van der Waals surface area contributed by atoms with Crippen LogP contribution in [-0.4, -0.2) is 61.0 Å². The number of nitrogens with zero attached hydrogens (tertiary/aromatic N) is 1. The van der Waals surface area contributed by atoms with Gasteiger partial charge in [-0.15, -0.1) is 0 Å². The highest BCUT2D eigenvalue weighted by Gasteiger charge is 2.24. The van der Waals surface area contributed by atoms with Gasteiger partial charge in [0.1, 0.15) is 6.04 Å². The van der Waals surface area contributed by atoms with E-state index in [-0.39, 0.29) is 48.8 Å². The first-order chi connectivity index (χ1) is 18.4. The smallest absolute Gasteiger partial charge is 0.328 e. The molecule has 0 spiro atoms. The van der Waals surface area contributed by atoms with Crippen molar-refractivity contribution in [1.29, 1.82) is 0 Å². The van der Waals surface area contributed by atoms with Crippen LogP contribution < -0.4 is 16.4 Å². The molecule has 0 rings (SSSR count). The number of ketones is 1. The lowest BCUT2D eigenvalue weighted by molar-refractivity contribution is -0.148. The van der Waals surface area contributed by atoms with Crippen molar-refractivity contribution in [3.8, 4) is 0 Å². The summed E-state index contributed by atoms with van der Waals surface area (Å²) in [4.78, 5) is 64.9. The van der Waals surface area contributed by atoms with Gasteiger partial charge >= 0.3 is 11.9 Å². The summed E-state index contributed by atoms with van der Waals surface area (Å²) in [7, 11) is 0. The number of ether oxygens (including phenoxy) is 2. The van der Waals surface area contributed by atoms with Crippen LogP contribution in [0.5, 0.6) is 0 Å². The molecule has 2 amide bonds. The Labute approximate surface area is 232 Å². The van der Waals surface area contributed by atoms with E-state index < -0.39 is 36.3 Å². The summed E-state index contributed by atoms with van der Waals surface area (Å²) < 4.78 is 9.79. The number of allylic oxidation sites excluding steroid dienone is 4. The van der Waals surface area contributed by atoms with Crippen molar-refractivity contribution >= 4 is 35.2 Å². The molecule has 220 valence electrons. The lowest BCUT2D eigenvalue weighted by atomic mass is 10.1. The largest absolute Gasteiger partial charge is 0.466 e. The number of carbonyl (C=O) groups excluding carboxylic acids is 5. The van der Waals surface area contributed by atoms with Crippen LogP contribution in [0, 0.1) is 0 Å². The van der Waals surface area contributed by atoms with Crippen molar-refractivity contribution in [3.05, 3.63) is 35.2 Å². The molecular formula is C28H46N4O7. The van der Waals surface area contributed by atoms with Crippen LogP contribution in [0.4, 0.5) is 0 Å². The van der Waals surface area contributed by atoms with Crippen LogP contribution in [-0.2, 0) is 33.4 Å². The number of rotatable bonds is 15. The quantitative estimate of drug-likeness (QED) is 0.121. The molecule has 1 atom stereocenters. The van der Waals surface area contributed by atoms with Crippen LogP contribution in [0.3, 0.4) is 0 Å². The zero-order chi connectivity index (χ0) is 30.4. The van der Waals surface area contributed by atoms with Crippen LogP contribution in [0.15, 0.2) is 40.2 Å². The van der Waals surface area contributed by atoms with Gasteiger partial charge in [0, 0.05) is 18.2 Å². The molecule has 0 fully saturated rings. The van der Waals surface area contributed by atoms with Crippen molar-refractivity contribution in [2.75, 3.05) is 19.8 Å². The molecular weight excluding hydrogens is 504 g/mol. The van der Waals surface area contributed by atoms with Crippen molar-refractivity contribution in [3.63, 3.8) is 0 Å². The molecule has 0 aromatic heterocycles. The number of carbonyl (C=O) groups is 5. The van der Waals surface area contributed by atoms with Gasteiger partial charge in [-0.2, -0.15) is 0 Å². The highest BCUT2D eigenvalue weighted by atomic mass is 16.5. The number of esters is 2. The van der Waals surface area contributed by atoms with Gasteiger partial charge in [0.05, 0.1) is 36.7 Å². The summed E-state index contributed by atoms with van der Waals surface area (Å²) in [5.74, 6) is -2.75. The van der Waals surface area contributed by atoms with E-state index in [1.54, 1.807) is 26.8 Å². The number of hydrogen-bond acceptors (Lipinski definition) is 9. The van der Waals surface area contributed by atoms with E-state index in [4.69, 9.17) is 15.2 Å². The van der Waals surface area contributed by atoms with Crippen LogP contribution in [0.2, 0.25) is 0 Å². The first-order valence-corrected chi connectivity index (χ1v) is 13.2. The van der Waals surface area contributed by atoms with Gasteiger partial charge in [0.2, 0.25) is 5.91 Å². The standard InChI is InChI=1S/C25H38N4O7.C3H8/c1-7-10-11-19(14-16(4)30)28-18(6)23(17(5)26)24(33)27-15-21(31)29-20(25(34)36-9-3)12-13-22(32)35-8-2;1-3-2/h10-11,14,20H,7-9,12-13,15,26H2,1-6H3,(H,27,33)(H,29,31);3H2,1-2H3/b11-10-,19-14+,23-17+,28-18-;. The molecule has 0 aromatic rings. The fraction of sp³-hybridized carbons (Fsp3) is 0.571. The number of aliphatic imine (C=N–C) groups is 1. The van der Waals surface area contributed by atoms with E-state index in [1.165, 1.54) is 26.3 Å². The number of nitrogens with two attached hydrogens (primary N) is 1. The molecule has 39 heavy (non-hydrogen) atoms. The summed E-state index contributed by atoms with van der Waals surface area (Å²) in [6, 6.07) is -1.09. The maximum Gasteiger partial charge on any atom is 0.328 e. The first kappa shape index (κ1) is 37.4. The Bertz CT molecular complexity index is 946. The molecule has 11 heteroatoms. The monoisotopic (exact) mass is 550 g/mol. The van der Waals surface area contributed by atoms with E-state index >= 15 is 0 Å². The minimum absolute atomic E-state index is 0.0211. The van der Waals surface area contributed by atoms with E-state index in [0.29, 0.717) is 5.70 Å². The molecule has 0 aromatic carbocycles. The Kier molecular flexibility index (Phi) is 21.3. The second kappa shape index (κ2) is 22.2. The van der Waals surface area contributed by atoms with Crippen molar-refractivity contribution in [2.24, 2.45) is 10.7 Å². The summed E-state index contributed by atoms with van der Waals surface area (Å²) in [6.45, 7) is 13.7. The normalized spacial score (nSPS) is 12.9. The van der Waals surface area contributed by atoms with E-state index in [9.17, 15) is 24.0 Å². The fourth-order valence-electron chi connectivity index (χ4n) is 2.92. The van der Waals surface area contributed by atoms with Crippen molar-refractivity contribution < 1.29 is 33.4 Å². The maximum absolute atomic E-state index is 12.8. The highest BCUT2D eigenvalue weighted by Crippen LogP contribution is 2.09. The zero-order valence-electron chi connectivity index (χ0n) is 24.6. The van der Waals surface area contributed by atoms with E-state index in [0.717, 1.165) is 6.42 Å². The van der Waals surface area contributed by atoms with Crippen molar-refractivity contribution in [2.45, 2.75) is 87.1 Å². The molecule has 0 bridgehead atoms. The van der Waals surface area contributed by atoms with Crippen LogP contribution in [0.1, 0.15) is 81.1 Å². The topological polar surface area (TPSA) is 166 Å². The minimum atomic E-state index is -1.09. The first-order valence-electron chi connectivity index (χ1n) is 13.2.